The molecule has 2 aromatic rings. The second kappa shape index (κ2) is 4.28. The van der Waals surface area contributed by atoms with Crippen LogP contribution in [-0.2, 0) is 10.1 Å². The largest absolute Gasteiger partial charge is 0.475 e. The first kappa shape index (κ1) is 12.3. The molecule has 0 atom stereocenters. The van der Waals surface area contributed by atoms with E-state index in [9.17, 15) is 13.2 Å². The van der Waals surface area contributed by atoms with Crippen molar-refractivity contribution < 1.29 is 27.3 Å². The Morgan fingerprint density at radius 1 is 1.06 bits per heavy atom. The SMILES string of the molecule is O=C(O)c1ccc(-c2ccc(S(=O)(=O)O)cc2)o1. The minimum absolute atomic E-state index is 0.205. The fraction of sp³-hybridized carbons (Fsp3) is 0. The van der Waals surface area contributed by atoms with Crippen molar-refractivity contribution in [3.63, 3.8) is 0 Å². The molecule has 1 heterocycles. The van der Waals surface area contributed by atoms with Crippen LogP contribution in [0.25, 0.3) is 11.3 Å². The Labute approximate surface area is 102 Å². The van der Waals surface area contributed by atoms with Crippen LogP contribution < -0.4 is 0 Å². The summed E-state index contributed by atoms with van der Waals surface area (Å²) in [7, 11) is -4.23. The Morgan fingerprint density at radius 2 is 1.67 bits per heavy atom. The normalized spacial score (nSPS) is 11.4. The van der Waals surface area contributed by atoms with Crippen LogP contribution in [0.1, 0.15) is 10.6 Å². The van der Waals surface area contributed by atoms with Gasteiger partial charge in [0.05, 0.1) is 4.90 Å². The molecule has 2 N–H and O–H groups in total. The molecular formula is C11H8O6S. The molecule has 0 saturated heterocycles. The lowest BCUT2D eigenvalue weighted by atomic mass is 10.2. The number of aromatic carboxylic acids is 1. The first-order valence-corrected chi connectivity index (χ1v) is 6.23. The van der Waals surface area contributed by atoms with Crippen LogP contribution in [0.15, 0.2) is 45.7 Å². The number of benzene rings is 1. The van der Waals surface area contributed by atoms with Gasteiger partial charge in [-0.15, -0.1) is 0 Å². The van der Waals surface area contributed by atoms with Crippen molar-refractivity contribution in [1.29, 1.82) is 0 Å². The van der Waals surface area contributed by atoms with Crippen molar-refractivity contribution >= 4 is 16.1 Å². The van der Waals surface area contributed by atoms with Gasteiger partial charge in [-0.25, -0.2) is 4.79 Å². The molecule has 0 radical (unpaired) electrons. The average Bonchev–Trinajstić information content (AvgIpc) is 2.77. The van der Waals surface area contributed by atoms with Gasteiger partial charge in [0.1, 0.15) is 5.76 Å². The first-order chi connectivity index (χ1) is 8.38. The third-order valence-electron chi connectivity index (χ3n) is 2.25. The summed E-state index contributed by atoms with van der Waals surface area (Å²) < 4.78 is 35.5. The van der Waals surface area contributed by atoms with Gasteiger partial charge < -0.3 is 9.52 Å². The van der Waals surface area contributed by atoms with E-state index in [1.165, 1.54) is 36.4 Å². The Bertz CT molecular complexity index is 681. The quantitative estimate of drug-likeness (QED) is 0.823. The van der Waals surface area contributed by atoms with E-state index in [0.29, 0.717) is 11.3 Å². The molecule has 0 aliphatic rings. The van der Waals surface area contributed by atoms with Crippen LogP contribution in [0, 0.1) is 0 Å². The maximum Gasteiger partial charge on any atom is 0.371 e. The number of furan rings is 1. The molecule has 6 nitrogen and oxygen atoms in total. The summed E-state index contributed by atoms with van der Waals surface area (Å²) in [5.41, 5.74) is 0.509. The van der Waals surface area contributed by atoms with Crippen LogP contribution in [0.5, 0.6) is 0 Å². The molecular weight excluding hydrogens is 260 g/mol. The maximum absolute atomic E-state index is 10.8. The molecule has 0 aliphatic heterocycles. The minimum Gasteiger partial charge on any atom is -0.475 e. The molecule has 0 fully saturated rings. The van der Waals surface area contributed by atoms with Crippen molar-refractivity contribution in [2.45, 2.75) is 4.90 Å². The molecule has 1 aromatic carbocycles. The molecule has 0 saturated carbocycles. The van der Waals surface area contributed by atoms with Gasteiger partial charge in [-0.2, -0.15) is 8.42 Å². The van der Waals surface area contributed by atoms with E-state index in [1.807, 2.05) is 0 Å². The van der Waals surface area contributed by atoms with E-state index in [0.717, 1.165) is 0 Å². The zero-order valence-electron chi connectivity index (χ0n) is 8.90. The van der Waals surface area contributed by atoms with Crippen molar-refractivity contribution in [1.82, 2.24) is 0 Å². The lowest BCUT2D eigenvalue weighted by molar-refractivity contribution is 0.0663. The summed E-state index contributed by atoms with van der Waals surface area (Å²) in [4.78, 5) is 10.4. The first-order valence-electron chi connectivity index (χ1n) is 4.79. The molecule has 0 aliphatic carbocycles. The smallest absolute Gasteiger partial charge is 0.371 e. The number of carboxylic acid groups (broad SMARTS) is 1. The highest BCUT2D eigenvalue weighted by Gasteiger charge is 2.12. The summed E-state index contributed by atoms with van der Waals surface area (Å²) in [6.45, 7) is 0. The highest BCUT2D eigenvalue weighted by atomic mass is 32.2. The van der Waals surface area contributed by atoms with Gasteiger partial charge in [0.15, 0.2) is 0 Å². The molecule has 1 aromatic heterocycles. The van der Waals surface area contributed by atoms with Crippen LogP contribution in [0.2, 0.25) is 0 Å². The fourth-order valence-corrected chi connectivity index (χ4v) is 1.88. The summed E-state index contributed by atoms with van der Waals surface area (Å²) in [5, 5.41) is 8.69. The predicted octanol–water partition coefficient (Wildman–Crippen LogP) is 1.89. The van der Waals surface area contributed by atoms with E-state index >= 15 is 0 Å². The Morgan fingerprint density at radius 3 is 2.11 bits per heavy atom. The van der Waals surface area contributed by atoms with Gasteiger partial charge in [-0.3, -0.25) is 4.55 Å². The zero-order valence-corrected chi connectivity index (χ0v) is 9.72. The summed E-state index contributed by atoms with van der Waals surface area (Å²) >= 11 is 0. The molecule has 0 amide bonds. The number of hydrogen-bond donors (Lipinski definition) is 2. The number of carbonyl (C=O) groups is 1. The van der Waals surface area contributed by atoms with Crippen LogP contribution in [0.4, 0.5) is 0 Å². The van der Waals surface area contributed by atoms with Crippen LogP contribution in [0.3, 0.4) is 0 Å². The predicted molar refractivity (Wildman–Crippen MR) is 60.9 cm³/mol. The molecule has 7 heteroatoms. The summed E-state index contributed by atoms with van der Waals surface area (Å²) in [5.74, 6) is -1.09. The Balaban J connectivity index is 2.37. The van der Waals surface area contributed by atoms with Gasteiger partial charge in [0, 0.05) is 5.56 Å². The van der Waals surface area contributed by atoms with Gasteiger partial charge in [-0.1, -0.05) is 0 Å². The lowest BCUT2D eigenvalue weighted by Gasteiger charge is -1.99. The topological polar surface area (TPSA) is 105 Å². The monoisotopic (exact) mass is 268 g/mol. The fourth-order valence-electron chi connectivity index (χ4n) is 1.40. The standard InChI is InChI=1S/C11H8O6S/c12-11(13)10-6-5-9(17-10)7-1-3-8(4-2-7)18(14,15)16/h1-6H,(H,12,13)(H,14,15,16). The second-order valence-electron chi connectivity index (χ2n) is 3.47. The number of hydrogen-bond acceptors (Lipinski definition) is 4. The number of rotatable bonds is 3. The van der Waals surface area contributed by atoms with Crippen molar-refractivity contribution in [3.8, 4) is 11.3 Å². The highest BCUT2D eigenvalue weighted by molar-refractivity contribution is 7.85. The molecule has 18 heavy (non-hydrogen) atoms. The molecule has 0 unspecified atom stereocenters. The van der Waals surface area contributed by atoms with Crippen molar-refractivity contribution in [2.75, 3.05) is 0 Å². The second-order valence-corrected chi connectivity index (χ2v) is 4.89. The van der Waals surface area contributed by atoms with Gasteiger partial charge >= 0.3 is 5.97 Å². The Hall–Kier alpha value is -2.12. The van der Waals surface area contributed by atoms with Crippen LogP contribution in [-0.4, -0.2) is 24.0 Å². The van der Waals surface area contributed by atoms with Gasteiger partial charge in [0.2, 0.25) is 5.76 Å². The highest BCUT2D eigenvalue weighted by Crippen LogP contribution is 2.23. The van der Waals surface area contributed by atoms with E-state index in [4.69, 9.17) is 14.1 Å². The maximum atomic E-state index is 10.8. The summed E-state index contributed by atoms with van der Waals surface area (Å²) in [6, 6.07) is 7.99. The van der Waals surface area contributed by atoms with Gasteiger partial charge in [0.25, 0.3) is 10.1 Å². The van der Waals surface area contributed by atoms with E-state index in [2.05, 4.69) is 0 Å². The van der Waals surface area contributed by atoms with Crippen LogP contribution >= 0.6 is 0 Å². The van der Waals surface area contributed by atoms with E-state index in [-0.39, 0.29) is 10.7 Å². The van der Waals surface area contributed by atoms with E-state index < -0.39 is 16.1 Å². The molecule has 94 valence electrons. The molecule has 0 bridgehead atoms. The molecule has 2 rings (SSSR count). The van der Waals surface area contributed by atoms with Crippen molar-refractivity contribution in [2.24, 2.45) is 0 Å². The number of carboxylic acids is 1. The van der Waals surface area contributed by atoms with Crippen molar-refractivity contribution in [3.05, 3.63) is 42.2 Å². The van der Waals surface area contributed by atoms with E-state index in [1.54, 1.807) is 0 Å². The average molecular weight is 268 g/mol. The minimum atomic E-state index is -4.23. The lowest BCUT2D eigenvalue weighted by Crippen LogP contribution is -1.97. The third kappa shape index (κ3) is 2.41. The summed E-state index contributed by atoms with van der Waals surface area (Å²) in [6.07, 6.45) is 0. The Kier molecular flexibility index (Phi) is 2.93. The third-order valence-corrected chi connectivity index (χ3v) is 3.12. The molecule has 0 spiro atoms. The zero-order chi connectivity index (χ0) is 13.3. The van der Waals surface area contributed by atoms with Gasteiger partial charge in [-0.05, 0) is 36.4 Å².